The van der Waals surface area contributed by atoms with Crippen molar-refractivity contribution in [2.45, 2.75) is 20.8 Å². The van der Waals surface area contributed by atoms with Gasteiger partial charge >= 0.3 is 0 Å². The van der Waals surface area contributed by atoms with Gasteiger partial charge in [0.25, 0.3) is 0 Å². The van der Waals surface area contributed by atoms with Crippen LogP contribution < -0.4 is 10.6 Å². The third-order valence-corrected chi connectivity index (χ3v) is 11.9. The summed E-state index contributed by atoms with van der Waals surface area (Å²) in [5.41, 5.74) is 17.9. The molecule has 0 aliphatic heterocycles. The van der Waals surface area contributed by atoms with Crippen molar-refractivity contribution < 1.29 is 0 Å². The molecule has 0 atom stereocenters. The minimum Gasteiger partial charge on any atom is -0.354 e. The lowest BCUT2D eigenvalue weighted by molar-refractivity contribution is 0.959. The molecule has 0 bridgehead atoms. The fraction of sp³-hybridized carbons (Fsp3) is 0.0755. The number of anilines is 4. The Morgan fingerprint density at radius 1 is 0.458 bits per heavy atom. The number of aryl methyl sites for hydroxylation is 4. The molecule has 2 N–H and O–H groups in total. The molecule has 8 aromatic carbocycles. The van der Waals surface area contributed by atoms with Crippen molar-refractivity contribution in [2.24, 2.45) is 7.05 Å². The molecule has 284 valence electrons. The van der Waals surface area contributed by atoms with Crippen LogP contribution in [-0.4, -0.2) is 18.7 Å². The SMILES string of the molecule is Cc1cc(C)c(Nc2ccccc2Nc2cccc(-n3c4cc(-c5nc6ccccc6n5C)ccc4c4c5c6ccccc6n(-c6ccccc6)c5ccc43)c2)c(C)c1. The van der Waals surface area contributed by atoms with E-state index in [2.05, 4.69) is 222 Å². The lowest BCUT2D eigenvalue weighted by Gasteiger charge is -2.18. The van der Waals surface area contributed by atoms with Gasteiger partial charge in [0, 0.05) is 56.9 Å². The molecule has 0 spiro atoms. The highest BCUT2D eigenvalue weighted by Crippen LogP contribution is 2.44. The third-order valence-electron chi connectivity index (χ3n) is 11.9. The van der Waals surface area contributed by atoms with Crippen LogP contribution in [0.2, 0.25) is 0 Å². The number of rotatable bonds is 7. The molecule has 11 rings (SSSR count). The molecule has 6 nitrogen and oxygen atoms in total. The standard InChI is InChI=1S/C53H42N6/c1-33-29-34(2)52(35(3)30-33)55-43-21-10-9-20-42(43)54-37-15-14-18-39(32-37)59-48-28-27-47-50(40-19-8-12-23-45(40)58(47)38-16-6-5-7-17-38)51(48)41-26-25-36(31-49(41)59)53-56-44-22-11-13-24-46(44)57(53)4/h5-32,54-55H,1-4H3. The van der Waals surface area contributed by atoms with Crippen LogP contribution in [0.3, 0.4) is 0 Å². The summed E-state index contributed by atoms with van der Waals surface area (Å²) in [6.07, 6.45) is 0. The van der Waals surface area contributed by atoms with E-state index in [1.165, 1.54) is 49.3 Å². The normalized spacial score (nSPS) is 11.7. The second-order valence-electron chi connectivity index (χ2n) is 15.7. The maximum absolute atomic E-state index is 5.12. The van der Waals surface area contributed by atoms with Crippen LogP contribution in [0.5, 0.6) is 0 Å². The van der Waals surface area contributed by atoms with Crippen molar-refractivity contribution in [3.63, 3.8) is 0 Å². The first-order valence-electron chi connectivity index (χ1n) is 20.2. The molecule has 0 saturated heterocycles. The van der Waals surface area contributed by atoms with Gasteiger partial charge in [-0.25, -0.2) is 4.98 Å². The average Bonchev–Trinajstić information content (AvgIpc) is 3.90. The van der Waals surface area contributed by atoms with E-state index in [9.17, 15) is 0 Å². The Morgan fingerprint density at radius 2 is 1.07 bits per heavy atom. The highest BCUT2D eigenvalue weighted by atomic mass is 15.1. The Balaban J connectivity index is 1.13. The molecule has 0 fully saturated rings. The van der Waals surface area contributed by atoms with Crippen LogP contribution in [0.4, 0.5) is 22.7 Å². The second kappa shape index (κ2) is 13.5. The topological polar surface area (TPSA) is 51.7 Å². The molecule has 0 amide bonds. The molecule has 0 radical (unpaired) electrons. The van der Waals surface area contributed by atoms with Gasteiger partial charge in [0.15, 0.2) is 0 Å². The van der Waals surface area contributed by atoms with Crippen molar-refractivity contribution >= 4 is 77.4 Å². The number of para-hydroxylation sites is 6. The predicted molar refractivity (Wildman–Crippen MR) is 248 cm³/mol. The molecule has 0 saturated carbocycles. The Kier molecular flexibility index (Phi) is 7.95. The van der Waals surface area contributed by atoms with E-state index in [-0.39, 0.29) is 0 Å². The smallest absolute Gasteiger partial charge is 0.140 e. The molecular weight excluding hydrogens is 721 g/mol. The van der Waals surface area contributed by atoms with Gasteiger partial charge in [0.1, 0.15) is 5.82 Å². The summed E-state index contributed by atoms with van der Waals surface area (Å²) in [7, 11) is 2.11. The summed E-state index contributed by atoms with van der Waals surface area (Å²) in [6.45, 7) is 6.49. The van der Waals surface area contributed by atoms with Crippen molar-refractivity contribution in [3.8, 4) is 22.8 Å². The molecule has 0 aliphatic rings. The number of aromatic nitrogens is 4. The summed E-state index contributed by atoms with van der Waals surface area (Å²) < 4.78 is 7.03. The third kappa shape index (κ3) is 5.59. The van der Waals surface area contributed by atoms with Gasteiger partial charge in [0.05, 0.1) is 44.5 Å². The minimum atomic E-state index is 0.939. The lowest BCUT2D eigenvalue weighted by atomic mass is 10.0. The predicted octanol–water partition coefficient (Wildman–Crippen LogP) is 13.8. The first kappa shape index (κ1) is 34.7. The number of imidazole rings is 1. The summed E-state index contributed by atoms with van der Waals surface area (Å²) in [5.74, 6) is 0.939. The van der Waals surface area contributed by atoms with Crippen LogP contribution in [-0.2, 0) is 7.05 Å². The highest BCUT2D eigenvalue weighted by Gasteiger charge is 2.22. The number of hydrogen-bond donors (Lipinski definition) is 2. The van der Waals surface area contributed by atoms with E-state index in [4.69, 9.17) is 4.98 Å². The zero-order valence-corrected chi connectivity index (χ0v) is 33.5. The zero-order chi connectivity index (χ0) is 39.8. The fourth-order valence-corrected chi connectivity index (χ4v) is 9.33. The van der Waals surface area contributed by atoms with Crippen LogP contribution >= 0.6 is 0 Å². The number of nitrogens with zero attached hydrogens (tertiary/aromatic N) is 4. The van der Waals surface area contributed by atoms with Gasteiger partial charge in [0.2, 0.25) is 0 Å². The summed E-state index contributed by atoms with van der Waals surface area (Å²) >= 11 is 0. The lowest BCUT2D eigenvalue weighted by Crippen LogP contribution is -2.01. The van der Waals surface area contributed by atoms with Crippen LogP contribution in [0.25, 0.3) is 77.4 Å². The molecule has 59 heavy (non-hydrogen) atoms. The molecule has 6 heteroatoms. The molecule has 0 unspecified atom stereocenters. The van der Waals surface area contributed by atoms with Crippen LogP contribution in [0.1, 0.15) is 16.7 Å². The minimum absolute atomic E-state index is 0.939. The fourth-order valence-electron chi connectivity index (χ4n) is 9.33. The summed E-state index contributed by atoms with van der Waals surface area (Å²) in [5, 5.41) is 12.4. The van der Waals surface area contributed by atoms with E-state index in [1.807, 2.05) is 0 Å². The van der Waals surface area contributed by atoms with E-state index < -0.39 is 0 Å². The molecule has 3 heterocycles. The number of benzene rings is 8. The first-order valence-corrected chi connectivity index (χ1v) is 20.2. The molecule has 11 aromatic rings. The van der Waals surface area contributed by atoms with Gasteiger partial charge in [-0.1, -0.05) is 96.6 Å². The zero-order valence-electron chi connectivity index (χ0n) is 33.5. The van der Waals surface area contributed by atoms with Crippen molar-refractivity contribution in [1.29, 1.82) is 0 Å². The van der Waals surface area contributed by atoms with Gasteiger partial charge in [-0.2, -0.15) is 0 Å². The van der Waals surface area contributed by atoms with Gasteiger partial charge in [-0.15, -0.1) is 0 Å². The van der Waals surface area contributed by atoms with Crippen molar-refractivity contribution in [3.05, 3.63) is 187 Å². The van der Waals surface area contributed by atoms with E-state index >= 15 is 0 Å². The quantitative estimate of drug-likeness (QED) is 0.170. The maximum Gasteiger partial charge on any atom is 0.140 e. The Morgan fingerprint density at radius 3 is 1.81 bits per heavy atom. The van der Waals surface area contributed by atoms with Crippen LogP contribution in [0, 0.1) is 20.8 Å². The molecule has 3 aromatic heterocycles. The highest BCUT2D eigenvalue weighted by molar-refractivity contribution is 6.29. The Bertz CT molecular complexity index is 3410. The van der Waals surface area contributed by atoms with Crippen molar-refractivity contribution in [2.75, 3.05) is 10.6 Å². The maximum atomic E-state index is 5.12. The largest absolute Gasteiger partial charge is 0.354 e. The number of hydrogen-bond acceptors (Lipinski definition) is 3. The van der Waals surface area contributed by atoms with E-state index in [0.717, 1.165) is 67.6 Å². The van der Waals surface area contributed by atoms with Crippen LogP contribution in [0.15, 0.2) is 170 Å². The summed E-state index contributed by atoms with van der Waals surface area (Å²) in [6, 6.07) is 61.0. The Labute approximate surface area is 342 Å². The van der Waals surface area contributed by atoms with Gasteiger partial charge in [-0.05, 0) is 111 Å². The van der Waals surface area contributed by atoms with E-state index in [1.54, 1.807) is 0 Å². The molecular formula is C53H42N6. The first-order chi connectivity index (χ1) is 28.9. The van der Waals surface area contributed by atoms with Gasteiger partial charge in [-0.3, -0.25) is 0 Å². The number of fused-ring (bicyclic) bond motifs is 8. The Hall–Kier alpha value is -7.57. The van der Waals surface area contributed by atoms with Crippen molar-refractivity contribution in [1.82, 2.24) is 18.7 Å². The monoisotopic (exact) mass is 762 g/mol. The number of nitrogens with one attached hydrogen (secondary N) is 2. The second-order valence-corrected chi connectivity index (χ2v) is 15.7. The molecule has 0 aliphatic carbocycles. The average molecular weight is 763 g/mol. The summed E-state index contributed by atoms with van der Waals surface area (Å²) in [4.78, 5) is 5.12. The van der Waals surface area contributed by atoms with Gasteiger partial charge < -0.3 is 24.3 Å². The van der Waals surface area contributed by atoms with E-state index in [0.29, 0.717) is 0 Å².